The Hall–Kier alpha value is -5.31. The molecule has 44 heavy (non-hydrogen) atoms. The van der Waals surface area contributed by atoms with Crippen molar-refractivity contribution in [3.63, 3.8) is 0 Å². The van der Waals surface area contributed by atoms with E-state index in [0.717, 1.165) is 44.3 Å². The molecule has 0 fully saturated rings. The third-order valence-corrected chi connectivity index (χ3v) is 8.85. The maximum atomic E-state index is 13.2. The summed E-state index contributed by atoms with van der Waals surface area (Å²) < 4.78 is 5.13. The highest BCUT2D eigenvalue weighted by atomic mass is 16.5. The van der Waals surface area contributed by atoms with Gasteiger partial charge in [-0.05, 0) is 80.2 Å². The molecule has 1 aromatic rings. The van der Waals surface area contributed by atoms with E-state index in [1.165, 1.54) is 7.11 Å². The number of carboxylic acids is 1. The van der Waals surface area contributed by atoms with Crippen LogP contribution in [-0.2, 0) is 14.3 Å². The number of aromatic nitrogens is 1. The van der Waals surface area contributed by atoms with E-state index in [2.05, 4.69) is 18.1 Å². The Bertz CT molecular complexity index is 2060. The third-order valence-electron chi connectivity index (χ3n) is 8.85. The standard InChI is InChI=1S/C35H32N4O5/c1-8-19-15(3)22-12-24-17(5)21(10-11-28(40)41)32(38-24)30-31(35(43)44-7)34(42)29-18(6)25(39-33(29)30)14-27-20(9-2)16(4)23(37-27)13-26(19)36-22/h8-9,12-14,31,36,42H,1-2,10-11H2,3-7H3,(H,40,41)/t31-/m1/s1. The van der Waals surface area contributed by atoms with Crippen molar-refractivity contribution in [2.75, 3.05) is 7.11 Å². The number of allylic oxidation sites excluding steroid dienone is 7. The summed E-state index contributed by atoms with van der Waals surface area (Å²) in [6.45, 7) is 15.8. The Labute approximate surface area is 254 Å². The molecule has 0 unspecified atom stereocenters. The summed E-state index contributed by atoms with van der Waals surface area (Å²) in [6, 6.07) is 0. The van der Waals surface area contributed by atoms with Crippen LogP contribution < -0.4 is 10.7 Å². The number of aliphatic hydroxyl groups excluding tert-OH is 1. The average Bonchev–Trinajstić information content (AvgIpc) is 3.72. The van der Waals surface area contributed by atoms with Crippen LogP contribution in [0.25, 0.3) is 18.2 Å². The fraction of sp³-hybridized carbons (Fsp3) is 0.229. The van der Waals surface area contributed by atoms with Crippen molar-refractivity contribution in [1.29, 1.82) is 0 Å². The summed E-state index contributed by atoms with van der Waals surface area (Å²) >= 11 is 0. The lowest BCUT2D eigenvalue weighted by Crippen LogP contribution is -2.21. The van der Waals surface area contributed by atoms with Gasteiger partial charge in [-0.1, -0.05) is 25.3 Å². The molecule has 3 N–H and O–H groups in total. The van der Waals surface area contributed by atoms with Gasteiger partial charge in [-0.3, -0.25) is 9.59 Å². The molecule has 222 valence electrons. The molecule has 0 aromatic carbocycles. The summed E-state index contributed by atoms with van der Waals surface area (Å²) in [6.07, 6.45) is 9.35. The number of hydrogen-bond acceptors (Lipinski definition) is 7. The number of nitrogens with zero attached hydrogens (tertiary/aromatic N) is 3. The fourth-order valence-corrected chi connectivity index (χ4v) is 6.42. The van der Waals surface area contributed by atoms with E-state index in [-0.39, 0.29) is 18.6 Å². The van der Waals surface area contributed by atoms with E-state index in [1.54, 1.807) is 12.2 Å². The molecular weight excluding hydrogens is 556 g/mol. The molecule has 9 heteroatoms. The molecule has 0 spiro atoms. The van der Waals surface area contributed by atoms with Crippen molar-refractivity contribution in [3.8, 4) is 0 Å². The van der Waals surface area contributed by atoms with Gasteiger partial charge in [-0.2, -0.15) is 0 Å². The predicted molar refractivity (Wildman–Crippen MR) is 172 cm³/mol. The van der Waals surface area contributed by atoms with Crippen molar-refractivity contribution in [3.05, 3.63) is 109 Å². The lowest BCUT2D eigenvalue weighted by molar-refractivity contribution is -0.143. The molecule has 4 aliphatic heterocycles. The maximum Gasteiger partial charge on any atom is 0.321 e. The van der Waals surface area contributed by atoms with Gasteiger partial charge in [0.05, 0.1) is 41.3 Å². The minimum Gasteiger partial charge on any atom is -0.510 e. The summed E-state index contributed by atoms with van der Waals surface area (Å²) in [7, 11) is 1.26. The van der Waals surface area contributed by atoms with Crippen LogP contribution >= 0.6 is 0 Å². The van der Waals surface area contributed by atoms with Gasteiger partial charge >= 0.3 is 11.9 Å². The number of carbonyl (C=O) groups is 2. The second kappa shape index (κ2) is 10.4. The monoisotopic (exact) mass is 588 g/mol. The Morgan fingerprint density at radius 2 is 1.68 bits per heavy atom. The van der Waals surface area contributed by atoms with Gasteiger partial charge in [0.2, 0.25) is 0 Å². The number of ether oxygens (including phenoxy) is 1. The lowest BCUT2D eigenvalue weighted by Gasteiger charge is -2.15. The number of carboxylic acid groups (broad SMARTS) is 1. The molecule has 0 saturated heterocycles. The number of hydrogen-bond donors (Lipinski definition) is 3. The number of methoxy groups -OCH3 is 1. The molecule has 0 radical (unpaired) electrons. The molecule has 8 bridgehead atoms. The van der Waals surface area contributed by atoms with Crippen molar-refractivity contribution < 1.29 is 24.5 Å². The second-order valence-electron chi connectivity index (χ2n) is 11.2. The average molecular weight is 589 g/mol. The van der Waals surface area contributed by atoms with E-state index >= 15 is 0 Å². The van der Waals surface area contributed by atoms with Crippen LogP contribution in [0.2, 0.25) is 0 Å². The highest BCUT2D eigenvalue weighted by Gasteiger charge is 2.47. The molecule has 9 nitrogen and oxygen atoms in total. The van der Waals surface area contributed by atoms with Gasteiger partial charge in [0.15, 0.2) is 0 Å². The second-order valence-corrected chi connectivity index (χ2v) is 11.2. The number of aromatic amines is 1. The Balaban J connectivity index is 1.75. The zero-order valence-corrected chi connectivity index (χ0v) is 25.3. The number of rotatable bonds is 6. The van der Waals surface area contributed by atoms with Crippen molar-refractivity contribution in [1.82, 2.24) is 4.98 Å². The Kier molecular flexibility index (Phi) is 6.84. The molecular formula is C35H32N4O5. The van der Waals surface area contributed by atoms with Crippen molar-refractivity contribution in [2.45, 2.75) is 40.5 Å². The molecule has 6 rings (SSSR count). The minimum absolute atomic E-state index is 0.139. The third kappa shape index (κ3) is 4.18. The summed E-state index contributed by atoms with van der Waals surface area (Å²) in [5.41, 5.74) is 10.1. The molecule has 1 aliphatic carbocycles. The number of nitrogens with one attached hydrogen (secondary N) is 1. The van der Waals surface area contributed by atoms with Crippen LogP contribution in [-0.4, -0.2) is 51.4 Å². The predicted octanol–water partition coefficient (Wildman–Crippen LogP) is 4.62. The SMILES string of the molecule is C=CC1=C(C)C2=NC1=CC1=C(C)C3=C(O)[C@H](C(=O)OC)C(=C4N=C(C=c5[nH]c(c(C=C)c5C)=C2)C(C)=C4CCC(=O)O)C3=N1. The first kappa shape index (κ1) is 28.8. The Morgan fingerprint density at radius 3 is 2.34 bits per heavy atom. The van der Waals surface area contributed by atoms with Gasteiger partial charge in [-0.25, -0.2) is 15.0 Å². The van der Waals surface area contributed by atoms with Gasteiger partial charge < -0.3 is 19.9 Å². The molecule has 1 aromatic heterocycles. The van der Waals surface area contributed by atoms with Gasteiger partial charge in [0.25, 0.3) is 0 Å². The van der Waals surface area contributed by atoms with E-state index in [4.69, 9.17) is 19.7 Å². The smallest absolute Gasteiger partial charge is 0.321 e. The van der Waals surface area contributed by atoms with E-state index in [9.17, 15) is 19.8 Å². The molecule has 5 aliphatic rings. The quantitative estimate of drug-likeness (QED) is 0.417. The van der Waals surface area contributed by atoms with Crippen LogP contribution in [0, 0.1) is 12.8 Å². The van der Waals surface area contributed by atoms with Crippen molar-refractivity contribution >= 4 is 47.3 Å². The van der Waals surface area contributed by atoms with Crippen LogP contribution in [0.15, 0.2) is 102 Å². The first-order valence-electron chi connectivity index (χ1n) is 14.3. The zero-order valence-electron chi connectivity index (χ0n) is 25.3. The normalized spacial score (nSPS) is 20.4. The van der Waals surface area contributed by atoms with Crippen LogP contribution in [0.3, 0.4) is 0 Å². The topological polar surface area (TPSA) is 137 Å². The van der Waals surface area contributed by atoms with Crippen LogP contribution in [0.5, 0.6) is 0 Å². The van der Waals surface area contributed by atoms with Crippen molar-refractivity contribution in [2.24, 2.45) is 20.9 Å². The van der Waals surface area contributed by atoms with Gasteiger partial charge in [-0.15, -0.1) is 0 Å². The maximum absolute atomic E-state index is 13.2. The number of aliphatic hydroxyl groups is 1. The molecule has 0 saturated carbocycles. The molecule has 5 heterocycles. The van der Waals surface area contributed by atoms with Crippen LogP contribution in [0.4, 0.5) is 0 Å². The van der Waals surface area contributed by atoms with E-state index in [1.807, 2.05) is 45.9 Å². The minimum atomic E-state index is -1.16. The number of esters is 1. The van der Waals surface area contributed by atoms with E-state index in [0.29, 0.717) is 50.8 Å². The molecule has 0 amide bonds. The lowest BCUT2D eigenvalue weighted by atomic mass is 9.92. The number of fused-ring (bicyclic) bond motifs is 5. The fourth-order valence-electron chi connectivity index (χ4n) is 6.42. The first-order valence-corrected chi connectivity index (χ1v) is 14.3. The van der Waals surface area contributed by atoms with Crippen LogP contribution in [0.1, 0.15) is 44.7 Å². The number of H-pyrrole nitrogens is 1. The van der Waals surface area contributed by atoms with Gasteiger partial charge in [0.1, 0.15) is 11.7 Å². The zero-order chi connectivity index (χ0) is 31.6. The summed E-state index contributed by atoms with van der Waals surface area (Å²) in [4.78, 5) is 43.3. The largest absolute Gasteiger partial charge is 0.510 e. The van der Waals surface area contributed by atoms with E-state index < -0.39 is 17.9 Å². The highest BCUT2D eigenvalue weighted by molar-refractivity contribution is 6.27. The number of aliphatic imine (C=N–C) groups is 3. The summed E-state index contributed by atoms with van der Waals surface area (Å²) in [5.74, 6) is -2.95. The Morgan fingerprint density at radius 1 is 0.977 bits per heavy atom. The summed E-state index contributed by atoms with van der Waals surface area (Å²) in [5, 5.41) is 22.7. The highest BCUT2D eigenvalue weighted by Crippen LogP contribution is 2.47. The number of carbonyl (C=O) groups excluding carboxylic acids is 1. The molecule has 1 atom stereocenters. The van der Waals surface area contributed by atoms with Gasteiger partial charge in [0, 0.05) is 39.4 Å². The number of aliphatic carboxylic acids is 1. The first-order chi connectivity index (χ1) is 21.0.